The van der Waals surface area contributed by atoms with Gasteiger partial charge < -0.3 is 5.73 Å². The molecule has 0 saturated heterocycles. The summed E-state index contributed by atoms with van der Waals surface area (Å²) in [5.41, 5.74) is 5.50. The molecular formula is C13H15F3N4. The van der Waals surface area contributed by atoms with Gasteiger partial charge in [-0.25, -0.2) is 4.98 Å². The van der Waals surface area contributed by atoms with Crippen LogP contribution in [0.15, 0.2) is 24.3 Å². The van der Waals surface area contributed by atoms with Crippen molar-refractivity contribution in [3.8, 4) is 0 Å². The van der Waals surface area contributed by atoms with Crippen LogP contribution >= 0.6 is 0 Å². The normalized spacial score (nSPS) is 11.8. The van der Waals surface area contributed by atoms with E-state index in [0.29, 0.717) is 31.0 Å². The van der Waals surface area contributed by atoms with E-state index in [4.69, 9.17) is 5.73 Å². The van der Waals surface area contributed by atoms with E-state index < -0.39 is 11.7 Å². The number of nitrogens with two attached hydrogens (primary N) is 1. The molecule has 0 atom stereocenters. The molecule has 1 heterocycles. The molecule has 0 radical (unpaired) electrons. The molecule has 20 heavy (non-hydrogen) atoms. The first-order valence-corrected chi connectivity index (χ1v) is 6.25. The predicted octanol–water partition coefficient (Wildman–Crippen LogP) is 2.31. The number of aryl methyl sites for hydroxylation is 1. The molecule has 0 fully saturated rings. The van der Waals surface area contributed by atoms with Gasteiger partial charge in [-0.2, -0.15) is 18.3 Å². The first-order valence-electron chi connectivity index (χ1n) is 6.25. The third-order valence-electron chi connectivity index (χ3n) is 2.84. The lowest BCUT2D eigenvalue weighted by Gasteiger charge is -2.06. The summed E-state index contributed by atoms with van der Waals surface area (Å²) in [7, 11) is 0. The lowest BCUT2D eigenvalue weighted by Crippen LogP contribution is -2.04. The Morgan fingerprint density at radius 1 is 1.15 bits per heavy atom. The fourth-order valence-corrected chi connectivity index (χ4v) is 1.79. The molecule has 0 aliphatic carbocycles. The van der Waals surface area contributed by atoms with Gasteiger partial charge in [-0.1, -0.05) is 12.1 Å². The van der Waals surface area contributed by atoms with Crippen molar-refractivity contribution in [2.75, 3.05) is 6.54 Å². The Balaban J connectivity index is 2.01. The van der Waals surface area contributed by atoms with Crippen LogP contribution in [0.3, 0.4) is 0 Å². The van der Waals surface area contributed by atoms with Crippen molar-refractivity contribution in [3.05, 3.63) is 47.0 Å². The number of H-pyrrole nitrogens is 1. The Bertz CT molecular complexity index is 545. The third kappa shape index (κ3) is 3.80. The van der Waals surface area contributed by atoms with E-state index in [1.807, 2.05) is 0 Å². The Morgan fingerprint density at radius 2 is 1.85 bits per heavy atom. The first kappa shape index (κ1) is 14.5. The number of alkyl halides is 3. The smallest absolute Gasteiger partial charge is 0.330 e. The minimum Gasteiger partial charge on any atom is -0.330 e. The zero-order chi connectivity index (χ0) is 14.6. The quantitative estimate of drug-likeness (QED) is 0.885. The highest BCUT2D eigenvalue weighted by molar-refractivity contribution is 5.26. The van der Waals surface area contributed by atoms with Gasteiger partial charge in [0.1, 0.15) is 5.82 Å². The summed E-state index contributed by atoms with van der Waals surface area (Å²) in [6, 6.07) is 5.04. The maximum atomic E-state index is 12.4. The molecule has 0 saturated carbocycles. The van der Waals surface area contributed by atoms with Gasteiger partial charge in [0.25, 0.3) is 0 Å². The number of aromatic amines is 1. The number of benzene rings is 1. The van der Waals surface area contributed by atoms with Gasteiger partial charge in [0.2, 0.25) is 0 Å². The van der Waals surface area contributed by atoms with Gasteiger partial charge in [0.15, 0.2) is 5.82 Å². The SMILES string of the molecule is NCCCc1n[nH]c(Cc2ccc(C(F)(F)F)cc2)n1. The molecule has 0 unspecified atom stereocenters. The number of halogens is 3. The summed E-state index contributed by atoms with van der Waals surface area (Å²) in [6.45, 7) is 0.572. The highest BCUT2D eigenvalue weighted by Gasteiger charge is 2.29. The van der Waals surface area contributed by atoms with Crippen molar-refractivity contribution in [1.82, 2.24) is 15.2 Å². The Hall–Kier alpha value is -1.89. The second-order valence-corrected chi connectivity index (χ2v) is 4.46. The number of nitrogens with one attached hydrogen (secondary N) is 1. The second-order valence-electron chi connectivity index (χ2n) is 4.46. The van der Waals surface area contributed by atoms with Gasteiger partial charge in [0, 0.05) is 12.8 Å². The molecule has 3 N–H and O–H groups in total. The van der Waals surface area contributed by atoms with E-state index in [9.17, 15) is 13.2 Å². The van der Waals surface area contributed by atoms with Crippen LogP contribution in [-0.2, 0) is 19.0 Å². The summed E-state index contributed by atoms with van der Waals surface area (Å²) in [4.78, 5) is 4.27. The number of aromatic nitrogens is 3. The van der Waals surface area contributed by atoms with Crippen molar-refractivity contribution < 1.29 is 13.2 Å². The lowest BCUT2D eigenvalue weighted by atomic mass is 10.1. The molecule has 1 aromatic carbocycles. The molecule has 1 aromatic heterocycles. The van der Waals surface area contributed by atoms with E-state index in [0.717, 1.165) is 24.1 Å². The van der Waals surface area contributed by atoms with Crippen LogP contribution in [0.2, 0.25) is 0 Å². The topological polar surface area (TPSA) is 67.6 Å². The monoisotopic (exact) mass is 284 g/mol. The van der Waals surface area contributed by atoms with Crippen molar-refractivity contribution in [1.29, 1.82) is 0 Å². The van der Waals surface area contributed by atoms with Crippen molar-refractivity contribution in [2.24, 2.45) is 5.73 Å². The van der Waals surface area contributed by atoms with E-state index in [1.54, 1.807) is 0 Å². The zero-order valence-corrected chi connectivity index (χ0v) is 10.7. The summed E-state index contributed by atoms with van der Waals surface area (Å²) >= 11 is 0. The van der Waals surface area contributed by atoms with Crippen LogP contribution in [0.25, 0.3) is 0 Å². The van der Waals surface area contributed by atoms with Crippen molar-refractivity contribution >= 4 is 0 Å². The largest absolute Gasteiger partial charge is 0.416 e. The van der Waals surface area contributed by atoms with Gasteiger partial charge in [-0.15, -0.1) is 0 Å². The van der Waals surface area contributed by atoms with E-state index >= 15 is 0 Å². The Labute approximate surface area is 114 Å². The van der Waals surface area contributed by atoms with Crippen LogP contribution in [0.4, 0.5) is 13.2 Å². The average molecular weight is 284 g/mol. The summed E-state index contributed by atoms with van der Waals surface area (Å²) < 4.78 is 37.3. The maximum Gasteiger partial charge on any atom is 0.416 e. The Kier molecular flexibility index (Phi) is 4.39. The van der Waals surface area contributed by atoms with E-state index in [1.165, 1.54) is 12.1 Å². The third-order valence-corrected chi connectivity index (χ3v) is 2.84. The molecule has 0 aliphatic rings. The molecule has 0 aliphatic heterocycles. The van der Waals surface area contributed by atoms with Crippen LogP contribution in [0, 0.1) is 0 Å². The molecular weight excluding hydrogens is 269 g/mol. The molecule has 108 valence electrons. The van der Waals surface area contributed by atoms with Crippen LogP contribution in [0.5, 0.6) is 0 Å². The average Bonchev–Trinajstić information content (AvgIpc) is 2.83. The van der Waals surface area contributed by atoms with Gasteiger partial charge >= 0.3 is 6.18 Å². The number of hydrogen-bond donors (Lipinski definition) is 2. The summed E-state index contributed by atoms with van der Waals surface area (Å²) in [6.07, 6.45) is -2.38. The van der Waals surface area contributed by atoms with Crippen molar-refractivity contribution in [2.45, 2.75) is 25.4 Å². The molecule has 4 nitrogen and oxygen atoms in total. The summed E-state index contributed by atoms with van der Waals surface area (Å²) in [5.74, 6) is 1.31. The molecule has 2 rings (SSSR count). The summed E-state index contributed by atoms with van der Waals surface area (Å²) in [5, 5.41) is 6.82. The molecule has 7 heteroatoms. The molecule has 0 amide bonds. The van der Waals surface area contributed by atoms with Crippen LogP contribution in [0.1, 0.15) is 29.2 Å². The number of hydrogen-bond acceptors (Lipinski definition) is 3. The molecule has 0 bridgehead atoms. The maximum absolute atomic E-state index is 12.4. The highest BCUT2D eigenvalue weighted by Crippen LogP contribution is 2.29. The van der Waals surface area contributed by atoms with Crippen molar-refractivity contribution in [3.63, 3.8) is 0 Å². The highest BCUT2D eigenvalue weighted by atomic mass is 19.4. The van der Waals surface area contributed by atoms with Crippen LogP contribution < -0.4 is 5.73 Å². The second kappa shape index (κ2) is 6.04. The molecule has 2 aromatic rings. The van der Waals surface area contributed by atoms with E-state index in [-0.39, 0.29) is 0 Å². The van der Waals surface area contributed by atoms with Crippen LogP contribution in [-0.4, -0.2) is 21.7 Å². The fourth-order valence-electron chi connectivity index (χ4n) is 1.79. The standard InChI is InChI=1S/C13H15F3N4/c14-13(15,16)10-5-3-9(4-6-10)8-12-18-11(19-20-12)2-1-7-17/h3-6H,1-2,7-8,17H2,(H,18,19,20). The Morgan fingerprint density at radius 3 is 2.45 bits per heavy atom. The van der Waals surface area contributed by atoms with Gasteiger partial charge in [-0.3, -0.25) is 5.10 Å². The fraction of sp³-hybridized carbons (Fsp3) is 0.385. The first-order chi connectivity index (χ1) is 9.49. The van der Waals surface area contributed by atoms with Gasteiger partial charge in [-0.05, 0) is 30.7 Å². The number of rotatable bonds is 5. The lowest BCUT2D eigenvalue weighted by molar-refractivity contribution is -0.137. The van der Waals surface area contributed by atoms with Gasteiger partial charge in [0.05, 0.1) is 5.56 Å². The molecule has 0 spiro atoms. The minimum absolute atomic E-state index is 0.424. The van der Waals surface area contributed by atoms with E-state index in [2.05, 4.69) is 15.2 Å². The predicted molar refractivity (Wildman–Crippen MR) is 68.0 cm³/mol. The number of nitrogens with zero attached hydrogens (tertiary/aromatic N) is 2. The minimum atomic E-state index is -4.31. The zero-order valence-electron chi connectivity index (χ0n) is 10.7.